The van der Waals surface area contributed by atoms with Gasteiger partial charge in [0.2, 0.25) is 5.91 Å². The van der Waals surface area contributed by atoms with E-state index in [0.717, 1.165) is 49.6 Å². The molecule has 0 aliphatic carbocycles. The van der Waals surface area contributed by atoms with Gasteiger partial charge in [0.1, 0.15) is 12.4 Å². The normalized spacial score (nSPS) is 14.5. The molecule has 1 aromatic heterocycles. The van der Waals surface area contributed by atoms with Crippen LogP contribution in [0.2, 0.25) is 0 Å². The van der Waals surface area contributed by atoms with Crippen LogP contribution in [0.3, 0.4) is 0 Å². The highest BCUT2D eigenvalue weighted by molar-refractivity contribution is 5.95. The maximum absolute atomic E-state index is 11.7. The maximum Gasteiger partial charge on any atom is 0.227 e. The van der Waals surface area contributed by atoms with Crippen molar-refractivity contribution >= 4 is 11.6 Å². The molecule has 0 saturated carbocycles. The fourth-order valence-corrected chi connectivity index (χ4v) is 2.60. The number of carbonyl (C=O) groups excluding carboxylic acids is 1. The predicted octanol–water partition coefficient (Wildman–Crippen LogP) is 2.18. The first-order chi connectivity index (χ1) is 11.3. The molecule has 1 amide bonds. The molecular weight excluding hydrogens is 294 g/mol. The van der Waals surface area contributed by atoms with Crippen LogP contribution in [0.25, 0.3) is 0 Å². The number of hydrogen-bond donors (Lipinski definition) is 0. The van der Waals surface area contributed by atoms with Crippen LogP contribution in [0.1, 0.15) is 38.4 Å². The van der Waals surface area contributed by atoms with Gasteiger partial charge in [-0.15, -0.1) is 5.10 Å². The molecule has 0 bridgehead atoms. The van der Waals surface area contributed by atoms with E-state index in [1.807, 2.05) is 29.2 Å². The summed E-state index contributed by atoms with van der Waals surface area (Å²) in [5.74, 6) is 1.65. The van der Waals surface area contributed by atoms with Gasteiger partial charge in [-0.3, -0.25) is 4.79 Å². The van der Waals surface area contributed by atoms with Gasteiger partial charge < -0.3 is 9.64 Å². The van der Waals surface area contributed by atoms with Gasteiger partial charge in [0.05, 0.1) is 0 Å². The number of anilines is 1. The van der Waals surface area contributed by atoms with Crippen molar-refractivity contribution in [1.29, 1.82) is 0 Å². The van der Waals surface area contributed by atoms with Crippen LogP contribution in [-0.2, 0) is 17.9 Å². The number of ether oxygens (including phenoxy) is 1. The minimum absolute atomic E-state index is 0.189. The second-order valence-corrected chi connectivity index (χ2v) is 5.60. The Bertz CT molecular complexity index is 653. The molecule has 23 heavy (non-hydrogen) atoms. The number of aromatic nitrogens is 4. The topological polar surface area (TPSA) is 73.1 Å². The first-order valence-corrected chi connectivity index (χ1v) is 8.06. The lowest BCUT2D eigenvalue weighted by Gasteiger charge is -2.16. The molecule has 1 aliphatic heterocycles. The predicted molar refractivity (Wildman–Crippen MR) is 85.1 cm³/mol. The van der Waals surface area contributed by atoms with Gasteiger partial charge in [0.25, 0.3) is 0 Å². The summed E-state index contributed by atoms with van der Waals surface area (Å²) in [6, 6.07) is 7.58. The van der Waals surface area contributed by atoms with Gasteiger partial charge in [-0.05, 0) is 47.5 Å². The number of hydrogen-bond acceptors (Lipinski definition) is 5. The SMILES string of the molecule is CCCCn1nnnc1COc1ccc(N2CCCC2=O)cc1. The summed E-state index contributed by atoms with van der Waals surface area (Å²) in [7, 11) is 0. The molecule has 0 atom stereocenters. The lowest BCUT2D eigenvalue weighted by atomic mass is 10.3. The Kier molecular flexibility index (Phi) is 4.85. The summed E-state index contributed by atoms with van der Waals surface area (Å²) in [5, 5.41) is 11.7. The zero-order valence-electron chi connectivity index (χ0n) is 13.3. The number of amides is 1. The third-order valence-electron chi connectivity index (χ3n) is 3.92. The van der Waals surface area contributed by atoms with E-state index >= 15 is 0 Å². The fourth-order valence-electron chi connectivity index (χ4n) is 2.60. The number of benzene rings is 1. The van der Waals surface area contributed by atoms with E-state index in [-0.39, 0.29) is 5.91 Å². The number of unbranched alkanes of at least 4 members (excludes halogenated alkanes) is 1. The van der Waals surface area contributed by atoms with E-state index in [4.69, 9.17) is 4.74 Å². The average Bonchev–Trinajstić information content (AvgIpc) is 3.20. The highest BCUT2D eigenvalue weighted by Crippen LogP contribution is 2.24. The Morgan fingerprint density at radius 1 is 1.26 bits per heavy atom. The zero-order chi connectivity index (χ0) is 16.1. The van der Waals surface area contributed by atoms with E-state index in [1.54, 1.807) is 4.68 Å². The molecule has 0 unspecified atom stereocenters. The summed E-state index contributed by atoms with van der Waals surface area (Å²) in [5.41, 5.74) is 0.924. The highest BCUT2D eigenvalue weighted by Gasteiger charge is 2.21. The van der Waals surface area contributed by atoms with Crippen molar-refractivity contribution in [1.82, 2.24) is 20.2 Å². The Morgan fingerprint density at radius 2 is 2.09 bits per heavy atom. The lowest BCUT2D eigenvalue weighted by Crippen LogP contribution is -2.23. The smallest absolute Gasteiger partial charge is 0.227 e. The Hall–Kier alpha value is -2.44. The van der Waals surface area contributed by atoms with Crippen LogP contribution >= 0.6 is 0 Å². The number of tetrazole rings is 1. The molecule has 122 valence electrons. The second kappa shape index (κ2) is 7.21. The summed E-state index contributed by atoms with van der Waals surface area (Å²) in [4.78, 5) is 13.5. The highest BCUT2D eigenvalue weighted by atomic mass is 16.5. The van der Waals surface area contributed by atoms with Crippen molar-refractivity contribution in [3.05, 3.63) is 30.1 Å². The van der Waals surface area contributed by atoms with Crippen molar-refractivity contribution < 1.29 is 9.53 Å². The summed E-state index contributed by atoms with van der Waals surface area (Å²) in [6.45, 7) is 4.06. The molecule has 1 fully saturated rings. The van der Waals surface area contributed by atoms with E-state index in [2.05, 4.69) is 22.4 Å². The molecule has 0 N–H and O–H groups in total. The first kappa shape index (κ1) is 15.5. The summed E-state index contributed by atoms with van der Waals surface area (Å²) < 4.78 is 7.53. The number of rotatable bonds is 7. The third-order valence-corrected chi connectivity index (χ3v) is 3.92. The van der Waals surface area contributed by atoms with Crippen LogP contribution in [0.15, 0.2) is 24.3 Å². The molecule has 0 radical (unpaired) electrons. The van der Waals surface area contributed by atoms with Crippen molar-refractivity contribution in [3.8, 4) is 5.75 Å². The Labute approximate surface area is 135 Å². The van der Waals surface area contributed by atoms with Crippen LogP contribution in [0.5, 0.6) is 5.75 Å². The van der Waals surface area contributed by atoms with E-state index < -0.39 is 0 Å². The lowest BCUT2D eigenvalue weighted by molar-refractivity contribution is -0.117. The van der Waals surface area contributed by atoms with Crippen LogP contribution in [-0.4, -0.2) is 32.7 Å². The van der Waals surface area contributed by atoms with Gasteiger partial charge in [0.15, 0.2) is 5.82 Å². The molecule has 2 heterocycles. The van der Waals surface area contributed by atoms with Crippen molar-refractivity contribution in [2.75, 3.05) is 11.4 Å². The molecule has 7 heteroatoms. The van der Waals surface area contributed by atoms with Crippen LogP contribution < -0.4 is 9.64 Å². The first-order valence-electron chi connectivity index (χ1n) is 8.06. The number of aryl methyl sites for hydroxylation is 1. The minimum atomic E-state index is 0.189. The molecule has 1 saturated heterocycles. The van der Waals surface area contributed by atoms with Crippen molar-refractivity contribution in [3.63, 3.8) is 0 Å². The fraction of sp³-hybridized carbons (Fsp3) is 0.500. The van der Waals surface area contributed by atoms with Gasteiger partial charge in [-0.1, -0.05) is 13.3 Å². The Morgan fingerprint density at radius 3 is 2.78 bits per heavy atom. The largest absolute Gasteiger partial charge is 0.486 e. The quantitative estimate of drug-likeness (QED) is 0.783. The average molecular weight is 315 g/mol. The molecule has 1 aromatic carbocycles. The Balaban J connectivity index is 1.58. The summed E-state index contributed by atoms with van der Waals surface area (Å²) >= 11 is 0. The zero-order valence-corrected chi connectivity index (χ0v) is 13.3. The van der Waals surface area contributed by atoms with Crippen LogP contribution in [0, 0.1) is 0 Å². The van der Waals surface area contributed by atoms with Gasteiger partial charge in [-0.25, -0.2) is 4.68 Å². The van der Waals surface area contributed by atoms with Crippen molar-refractivity contribution in [2.24, 2.45) is 0 Å². The molecule has 3 rings (SSSR count). The second-order valence-electron chi connectivity index (χ2n) is 5.60. The number of carbonyl (C=O) groups is 1. The van der Waals surface area contributed by atoms with E-state index in [9.17, 15) is 4.79 Å². The van der Waals surface area contributed by atoms with Crippen molar-refractivity contribution in [2.45, 2.75) is 45.8 Å². The van der Waals surface area contributed by atoms with E-state index in [1.165, 1.54) is 0 Å². The monoisotopic (exact) mass is 315 g/mol. The molecule has 0 spiro atoms. The maximum atomic E-state index is 11.7. The molecular formula is C16H21N5O2. The molecule has 1 aliphatic rings. The van der Waals surface area contributed by atoms with Gasteiger partial charge in [-0.2, -0.15) is 0 Å². The number of nitrogens with zero attached hydrogens (tertiary/aromatic N) is 5. The minimum Gasteiger partial charge on any atom is -0.486 e. The van der Waals surface area contributed by atoms with E-state index in [0.29, 0.717) is 13.0 Å². The van der Waals surface area contributed by atoms with Gasteiger partial charge in [0, 0.05) is 25.2 Å². The molecule has 2 aromatic rings. The standard InChI is InChI=1S/C16H21N5O2/c1-2-3-11-21-15(17-18-19-21)12-23-14-8-6-13(7-9-14)20-10-4-5-16(20)22/h6-9H,2-5,10-12H2,1H3. The third kappa shape index (κ3) is 3.67. The summed E-state index contributed by atoms with van der Waals surface area (Å²) in [6.07, 6.45) is 3.70. The molecule has 7 nitrogen and oxygen atoms in total. The van der Waals surface area contributed by atoms with Gasteiger partial charge >= 0.3 is 0 Å². The van der Waals surface area contributed by atoms with Crippen LogP contribution in [0.4, 0.5) is 5.69 Å².